The van der Waals surface area contributed by atoms with E-state index in [0.29, 0.717) is 25.4 Å². The molecule has 11 heteroatoms. The second kappa shape index (κ2) is 10.1. The third-order valence-electron chi connectivity index (χ3n) is 4.57. The van der Waals surface area contributed by atoms with Crippen LogP contribution in [0.15, 0.2) is 91.1 Å². The average molecular weight is 586 g/mol. The Morgan fingerprint density at radius 1 is 0.906 bits per heavy atom. The molecular weight excluding hydrogens is 571 g/mol. The van der Waals surface area contributed by atoms with Crippen molar-refractivity contribution in [3.8, 4) is 11.1 Å². The van der Waals surface area contributed by atoms with Gasteiger partial charge in [-0.25, -0.2) is 0 Å². The summed E-state index contributed by atoms with van der Waals surface area (Å²) in [4.78, 5) is 3.84. The van der Waals surface area contributed by atoms with E-state index < -0.39 is 10.1 Å². The molecule has 4 rings (SSSR count). The Kier molecular flexibility index (Phi) is 7.87. The molecule has 1 aromatic heterocycles. The van der Waals surface area contributed by atoms with E-state index in [0.717, 1.165) is 11.1 Å². The number of nitrogens with zero attached hydrogens (tertiary/aromatic N) is 3. The number of anilines is 1. The van der Waals surface area contributed by atoms with Crippen molar-refractivity contribution in [2.45, 2.75) is 4.90 Å². The summed E-state index contributed by atoms with van der Waals surface area (Å²) in [5.74, 6) is 0. The standard InChI is InChI=1S/C21H14Br2N4O3S.Na.H/c22-16-8-13(12-4-3-7-25-11-12)9-17(23)21(16)27-26-18-10-19(31(28,29)30)14-5-1-2-6-15(14)20(18)24;;/h1-11H,24H2,(H,28,29,30);;/b27-26+;;. The number of azo groups is 1. The molecule has 0 aliphatic carbocycles. The topological polar surface area (TPSA) is 118 Å². The molecule has 0 bridgehead atoms. The van der Waals surface area contributed by atoms with Crippen molar-refractivity contribution in [1.29, 1.82) is 0 Å². The van der Waals surface area contributed by atoms with E-state index in [-0.39, 0.29) is 45.8 Å². The van der Waals surface area contributed by atoms with Gasteiger partial charge in [0.25, 0.3) is 10.1 Å². The van der Waals surface area contributed by atoms with Gasteiger partial charge in [0.05, 0.1) is 5.69 Å². The third-order valence-corrected chi connectivity index (χ3v) is 6.68. The second-order valence-electron chi connectivity index (χ2n) is 6.56. The van der Waals surface area contributed by atoms with E-state index in [1.807, 2.05) is 24.3 Å². The zero-order valence-corrected chi connectivity index (χ0v) is 19.7. The number of hydrogen-bond acceptors (Lipinski definition) is 6. The van der Waals surface area contributed by atoms with Crippen LogP contribution in [-0.4, -0.2) is 47.5 Å². The van der Waals surface area contributed by atoms with Crippen molar-refractivity contribution in [1.82, 2.24) is 4.98 Å². The normalized spacial score (nSPS) is 11.6. The number of nitrogens with two attached hydrogens (primary N) is 1. The van der Waals surface area contributed by atoms with Crippen LogP contribution < -0.4 is 5.73 Å². The Labute approximate surface area is 223 Å². The first-order chi connectivity index (χ1) is 14.8. The molecule has 1 heterocycles. The summed E-state index contributed by atoms with van der Waals surface area (Å²) < 4.78 is 34.8. The molecule has 0 amide bonds. The molecular formula is C21H15Br2N4NaO3S. The summed E-state index contributed by atoms with van der Waals surface area (Å²) in [6.45, 7) is 0. The third kappa shape index (κ3) is 5.12. The van der Waals surface area contributed by atoms with Crippen LogP contribution in [0.25, 0.3) is 21.9 Å². The van der Waals surface area contributed by atoms with Crippen LogP contribution in [0, 0.1) is 0 Å². The van der Waals surface area contributed by atoms with Gasteiger partial charge in [0, 0.05) is 37.7 Å². The van der Waals surface area contributed by atoms with Gasteiger partial charge in [0.2, 0.25) is 0 Å². The van der Waals surface area contributed by atoms with E-state index >= 15 is 0 Å². The number of hydrogen-bond donors (Lipinski definition) is 2. The van der Waals surface area contributed by atoms with Gasteiger partial charge in [-0.1, -0.05) is 30.3 Å². The minimum absolute atomic E-state index is 0. The van der Waals surface area contributed by atoms with E-state index in [9.17, 15) is 13.0 Å². The molecule has 0 saturated heterocycles. The fourth-order valence-corrected chi connectivity index (χ4v) is 5.17. The number of halogens is 2. The van der Waals surface area contributed by atoms with E-state index in [1.165, 1.54) is 6.07 Å². The van der Waals surface area contributed by atoms with E-state index in [4.69, 9.17) is 5.73 Å². The molecule has 0 atom stereocenters. The van der Waals surface area contributed by atoms with Crippen LogP contribution in [0.1, 0.15) is 0 Å². The van der Waals surface area contributed by atoms with Gasteiger partial charge in [-0.2, -0.15) is 8.42 Å². The fourth-order valence-electron chi connectivity index (χ4n) is 3.11. The molecule has 0 radical (unpaired) electrons. The second-order valence-corrected chi connectivity index (χ2v) is 9.66. The zero-order valence-electron chi connectivity index (χ0n) is 15.7. The maximum atomic E-state index is 11.9. The van der Waals surface area contributed by atoms with E-state index in [1.54, 1.807) is 36.7 Å². The van der Waals surface area contributed by atoms with Gasteiger partial charge < -0.3 is 5.73 Å². The Morgan fingerprint density at radius 2 is 1.56 bits per heavy atom. The summed E-state index contributed by atoms with van der Waals surface area (Å²) in [7, 11) is -4.49. The number of aromatic nitrogens is 1. The molecule has 4 aromatic rings. The SMILES string of the molecule is Nc1c(/N=N/c2c(Br)cc(-c3cccnc3)cc2Br)cc(S(=O)(=O)O)c2ccccc12.[NaH]. The Bertz CT molecular complexity index is 1430. The number of pyridine rings is 1. The summed E-state index contributed by atoms with van der Waals surface area (Å²) in [6.07, 6.45) is 3.45. The number of benzene rings is 3. The van der Waals surface area contributed by atoms with Crippen LogP contribution >= 0.6 is 31.9 Å². The van der Waals surface area contributed by atoms with Gasteiger partial charge in [0.15, 0.2) is 0 Å². The molecule has 32 heavy (non-hydrogen) atoms. The van der Waals surface area contributed by atoms with Crippen LogP contribution in [-0.2, 0) is 10.1 Å². The van der Waals surface area contributed by atoms with Crippen LogP contribution in [0.4, 0.5) is 17.1 Å². The van der Waals surface area contributed by atoms with Crippen LogP contribution in [0.3, 0.4) is 0 Å². The van der Waals surface area contributed by atoms with E-state index in [2.05, 4.69) is 47.1 Å². The summed E-state index contributed by atoms with van der Waals surface area (Å²) in [5, 5.41) is 9.20. The first kappa shape index (κ1) is 25.0. The number of rotatable bonds is 4. The Hall–Kier alpha value is -1.66. The van der Waals surface area contributed by atoms with Gasteiger partial charge >= 0.3 is 29.6 Å². The number of fused-ring (bicyclic) bond motifs is 1. The van der Waals surface area contributed by atoms with Gasteiger partial charge in [-0.05, 0) is 61.7 Å². The summed E-state index contributed by atoms with van der Waals surface area (Å²) >= 11 is 7.00. The van der Waals surface area contributed by atoms with Crippen LogP contribution in [0.5, 0.6) is 0 Å². The first-order valence-electron chi connectivity index (χ1n) is 8.85. The zero-order chi connectivity index (χ0) is 22.2. The van der Waals surface area contributed by atoms with Gasteiger partial charge in [-0.3, -0.25) is 9.54 Å². The van der Waals surface area contributed by atoms with Crippen LogP contribution in [0.2, 0.25) is 0 Å². The molecule has 0 spiro atoms. The molecule has 0 aliphatic heterocycles. The Balaban J connectivity index is 0.00000289. The quantitative estimate of drug-likeness (QED) is 0.131. The predicted octanol–water partition coefficient (Wildman–Crippen LogP) is 6.02. The van der Waals surface area contributed by atoms with Gasteiger partial charge in [0.1, 0.15) is 16.3 Å². The first-order valence-corrected chi connectivity index (χ1v) is 11.9. The van der Waals surface area contributed by atoms with Crippen molar-refractivity contribution < 1.29 is 13.0 Å². The molecule has 0 fully saturated rings. The molecule has 158 valence electrons. The molecule has 0 aliphatic rings. The molecule has 0 saturated carbocycles. The van der Waals surface area contributed by atoms with Crippen molar-refractivity contribution in [2.24, 2.45) is 10.2 Å². The minimum atomic E-state index is -4.49. The number of nitrogen functional groups attached to an aromatic ring is 1. The molecule has 3 N–H and O–H groups in total. The van der Waals surface area contributed by atoms with Gasteiger partial charge in [-0.15, -0.1) is 10.2 Å². The fraction of sp³-hybridized carbons (Fsp3) is 0. The predicted molar refractivity (Wildman–Crippen MR) is 135 cm³/mol. The van der Waals surface area contributed by atoms with Crippen molar-refractivity contribution in [3.63, 3.8) is 0 Å². The maximum absolute atomic E-state index is 11.9. The summed E-state index contributed by atoms with van der Waals surface area (Å²) in [5.41, 5.74) is 8.94. The monoisotopic (exact) mass is 584 g/mol. The molecule has 7 nitrogen and oxygen atoms in total. The molecule has 0 unspecified atom stereocenters. The van der Waals surface area contributed by atoms with Crippen molar-refractivity contribution in [2.75, 3.05) is 5.73 Å². The summed E-state index contributed by atoms with van der Waals surface area (Å²) in [6, 6.07) is 15.4. The average Bonchev–Trinajstić information content (AvgIpc) is 2.74. The molecule has 3 aromatic carbocycles. The Morgan fingerprint density at radius 3 is 2.16 bits per heavy atom. The van der Waals surface area contributed by atoms with Crippen molar-refractivity contribution >= 4 is 99.4 Å². The van der Waals surface area contributed by atoms with Crippen molar-refractivity contribution in [3.05, 3.63) is 75.9 Å².